The van der Waals surface area contributed by atoms with Crippen LogP contribution in [0.1, 0.15) is 76.0 Å². The minimum Gasteiger partial charge on any atom is -0.504 e. The predicted octanol–water partition coefficient (Wildman–Crippen LogP) is 4.05. The number of hydrogen-bond acceptors (Lipinski definition) is 9. The zero-order chi connectivity index (χ0) is 32.5. The van der Waals surface area contributed by atoms with Crippen molar-refractivity contribution in [2.24, 2.45) is 0 Å². The van der Waals surface area contributed by atoms with Crippen LogP contribution < -0.4 is 5.32 Å². The van der Waals surface area contributed by atoms with E-state index >= 15 is 0 Å². The lowest BCUT2D eigenvalue weighted by Crippen LogP contribution is -2.43. The summed E-state index contributed by atoms with van der Waals surface area (Å²) in [6.45, 7) is 0.678. The maximum absolute atomic E-state index is 13.6. The minimum absolute atomic E-state index is 0.00768. The van der Waals surface area contributed by atoms with Crippen molar-refractivity contribution in [3.05, 3.63) is 71.3 Å². The van der Waals surface area contributed by atoms with Gasteiger partial charge in [-0.1, -0.05) is 37.5 Å². The summed E-state index contributed by atoms with van der Waals surface area (Å²) in [6, 6.07) is 12.3. The molecule has 1 saturated carbocycles. The largest absolute Gasteiger partial charge is 0.504 e. The first-order chi connectivity index (χ1) is 21.6. The molecule has 0 atom stereocenters. The number of phenols is 6. The van der Waals surface area contributed by atoms with E-state index in [2.05, 4.69) is 5.32 Å². The number of rotatable bonds is 12. The van der Waals surface area contributed by atoms with Crippen molar-refractivity contribution in [1.82, 2.24) is 15.1 Å². The van der Waals surface area contributed by atoms with Crippen molar-refractivity contribution in [1.29, 1.82) is 0 Å². The van der Waals surface area contributed by atoms with E-state index in [0.717, 1.165) is 32.1 Å². The number of benzene rings is 3. The van der Waals surface area contributed by atoms with E-state index in [4.69, 9.17) is 0 Å². The molecule has 0 unspecified atom stereocenters. The Bertz CT molecular complexity index is 1520. The van der Waals surface area contributed by atoms with Crippen molar-refractivity contribution in [2.75, 3.05) is 26.2 Å². The number of phenolic OH excluding ortho intramolecular Hbond substituents is 6. The number of aromatic hydroxyl groups is 6. The van der Waals surface area contributed by atoms with Gasteiger partial charge in [0.15, 0.2) is 34.5 Å². The third-order valence-electron chi connectivity index (χ3n) is 8.03. The van der Waals surface area contributed by atoms with Crippen LogP contribution in [0, 0.1) is 0 Å². The third kappa shape index (κ3) is 7.88. The van der Waals surface area contributed by atoms with Crippen LogP contribution >= 0.6 is 0 Å². The SMILES string of the molecule is O=C(NCCCN(CCCN(C(=O)c1cccc(O)c1O)C1CCCCC1)C(=O)c1cccc(O)c1O)c1cccc(O)c1O. The highest BCUT2D eigenvalue weighted by atomic mass is 16.3. The molecule has 3 aromatic carbocycles. The van der Waals surface area contributed by atoms with Crippen LogP contribution in [0.25, 0.3) is 0 Å². The lowest BCUT2D eigenvalue weighted by molar-refractivity contribution is 0.0609. The number of carbonyl (C=O) groups excluding carboxylic acids is 3. The van der Waals surface area contributed by atoms with Crippen molar-refractivity contribution < 1.29 is 45.0 Å². The van der Waals surface area contributed by atoms with Gasteiger partial charge in [-0.25, -0.2) is 0 Å². The first kappa shape index (κ1) is 32.8. The number of nitrogens with zero attached hydrogens (tertiary/aromatic N) is 2. The summed E-state index contributed by atoms with van der Waals surface area (Å²) in [6.07, 6.45) is 5.18. The molecule has 240 valence electrons. The lowest BCUT2D eigenvalue weighted by atomic mass is 9.93. The van der Waals surface area contributed by atoms with Gasteiger partial charge in [-0.3, -0.25) is 14.4 Å². The molecule has 0 bridgehead atoms. The quantitative estimate of drug-likeness (QED) is 0.115. The van der Waals surface area contributed by atoms with Crippen molar-refractivity contribution in [3.8, 4) is 34.5 Å². The van der Waals surface area contributed by atoms with E-state index in [0.29, 0.717) is 12.8 Å². The zero-order valence-electron chi connectivity index (χ0n) is 24.9. The minimum atomic E-state index is -0.608. The molecule has 0 spiro atoms. The Morgan fingerprint density at radius 1 is 0.622 bits per heavy atom. The number of para-hydroxylation sites is 3. The van der Waals surface area contributed by atoms with Crippen LogP contribution in [-0.4, -0.2) is 90.4 Å². The fourth-order valence-corrected chi connectivity index (χ4v) is 5.60. The maximum atomic E-state index is 13.6. The van der Waals surface area contributed by atoms with Gasteiger partial charge in [0.25, 0.3) is 17.7 Å². The summed E-state index contributed by atoms with van der Waals surface area (Å²) in [4.78, 5) is 42.8. The summed E-state index contributed by atoms with van der Waals surface area (Å²) in [5.41, 5.74) is -0.210. The first-order valence-electron chi connectivity index (χ1n) is 15.0. The Kier molecular flexibility index (Phi) is 11.0. The molecule has 3 amide bonds. The van der Waals surface area contributed by atoms with E-state index in [1.54, 1.807) is 4.90 Å². The van der Waals surface area contributed by atoms with E-state index in [1.165, 1.54) is 59.5 Å². The molecule has 45 heavy (non-hydrogen) atoms. The van der Waals surface area contributed by atoms with Crippen LogP contribution in [-0.2, 0) is 0 Å². The van der Waals surface area contributed by atoms with E-state index < -0.39 is 52.2 Å². The second-order valence-electron chi connectivity index (χ2n) is 11.1. The van der Waals surface area contributed by atoms with Crippen molar-refractivity contribution in [3.63, 3.8) is 0 Å². The van der Waals surface area contributed by atoms with Gasteiger partial charge >= 0.3 is 0 Å². The second-order valence-corrected chi connectivity index (χ2v) is 11.1. The lowest BCUT2D eigenvalue weighted by Gasteiger charge is -2.35. The Hall–Kier alpha value is -5.13. The molecule has 3 aromatic rings. The van der Waals surface area contributed by atoms with E-state index in [1.807, 2.05) is 0 Å². The highest BCUT2D eigenvalue weighted by Crippen LogP contribution is 2.33. The van der Waals surface area contributed by atoms with Crippen LogP contribution in [0.3, 0.4) is 0 Å². The van der Waals surface area contributed by atoms with Gasteiger partial charge in [0, 0.05) is 32.2 Å². The standard InChI is InChI=1S/C33H39N3O9/c37-25-14-4-11-22(28(25)40)31(43)34-17-7-18-35(32(44)23-12-5-15-26(38)29(23)41)19-8-20-36(21-9-2-1-3-10-21)33(45)24-13-6-16-27(39)30(24)42/h4-6,11-16,21,37-42H,1-3,7-10,17-20H2,(H,34,43). The Morgan fingerprint density at radius 2 is 1.11 bits per heavy atom. The fourth-order valence-electron chi connectivity index (χ4n) is 5.60. The van der Waals surface area contributed by atoms with Gasteiger partial charge in [0.2, 0.25) is 0 Å². The topological polar surface area (TPSA) is 191 Å². The molecule has 0 saturated heterocycles. The van der Waals surface area contributed by atoms with Gasteiger partial charge < -0.3 is 45.8 Å². The molecule has 0 aromatic heterocycles. The van der Waals surface area contributed by atoms with E-state index in [9.17, 15) is 45.0 Å². The van der Waals surface area contributed by atoms with E-state index in [-0.39, 0.29) is 48.9 Å². The third-order valence-corrected chi connectivity index (χ3v) is 8.03. The molecule has 7 N–H and O–H groups in total. The molecule has 4 rings (SSSR count). The molecular formula is C33H39N3O9. The maximum Gasteiger partial charge on any atom is 0.258 e. The van der Waals surface area contributed by atoms with Gasteiger partial charge in [0.05, 0.1) is 16.7 Å². The van der Waals surface area contributed by atoms with Crippen LogP contribution in [0.5, 0.6) is 34.5 Å². The molecule has 0 aliphatic heterocycles. The molecule has 0 heterocycles. The molecule has 1 aliphatic carbocycles. The number of hydrogen-bond donors (Lipinski definition) is 7. The highest BCUT2D eigenvalue weighted by molar-refractivity contribution is 5.99. The van der Waals surface area contributed by atoms with Gasteiger partial charge in [-0.2, -0.15) is 0 Å². The van der Waals surface area contributed by atoms with Crippen LogP contribution in [0.4, 0.5) is 0 Å². The highest BCUT2D eigenvalue weighted by Gasteiger charge is 2.29. The Labute approximate surface area is 260 Å². The van der Waals surface area contributed by atoms with Crippen LogP contribution in [0.15, 0.2) is 54.6 Å². The number of nitrogens with one attached hydrogen (secondary N) is 1. The van der Waals surface area contributed by atoms with Gasteiger partial charge in [-0.05, 0) is 62.1 Å². The number of carbonyl (C=O) groups is 3. The summed E-state index contributed by atoms with van der Waals surface area (Å²) in [5.74, 6) is -4.42. The molecule has 0 radical (unpaired) electrons. The smallest absolute Gasteiger partial charge is 0.258 e. The first-order valence-corrected chi connectivity index (χ1v) is 15.0. The van der Waals surface area contributed by atoms with Gasteiger partial charge in [0.1, 0.15) is 0 Å². The monoisotopic (exact) mass is 621 g/mol. The summed E-state index contributed by atoms with van der Waals surface area (Å²) < 4.78 is 0. The summed E-state index contributed by atoms with van der Waals surface area (Å²) in [7, 11) is 0. The van der Waals surface area contributed by atoms with Crippen molar-refractivity contribution in [2.45, 2.75) is 51.0 Å². The Morgan fingerprint density at radius 3 is 1.69 bits per heavy atom. The normalized spacial score (nSPS) is 13.2. The molecule has 12 heteroatoms. The summed E-state index contributed by atoms with van der Waals surface area (Å²) in [5, 5.41) is 63.0. The zero-order valence-corrected chi connectivity index (χ0v) is 24.9. The van der Waals surface area contributed by atoms with Gasteiger partial charge in [-0.15, -0.1) is 0 Å². The average Bonchev–Trinajstić information content (AvgIpc) is 3.04. The molecule has 1 aliphatic rings. The average molecular weight is 622 g/mol. The second kappa shape index (κ2) is 15.0. The predicted molar refractivity (Wildman–Crippen MR) is 165 cm³/mol. The van der Waals surface area contributed by atoms with Crippen molar-refractivity contribution >= 4 is 17.7 Å². The molecular weight excluding hydrogens is 582 g/mol. The molecule has 12 nitrogen and oxygen atoms in total. The van der Waals surface area contributed by atoms with Crippen LogP contribution in [0.2, 0.25) is 0 Å². The molecule has 1 fully saturated rings. The Balaban J connectivity index is 1.47. The summed E-state index contributed by atoms with van der Waals surface area (Å²) >= 11 is 0. The number of amides is 3. The fraction of sp³-hybridized carbons (Fsp3) is 0.364.